The van der Waals surface area contributed by atoms with Gasteiger partial charge in [0.2, 0.25) is 0 Å². The van der Waals surface area contributed by atoms with Gasteiger partial charge in [-0.2, -0.15) is 0 Å². The van der Waals surface area contributed by atoms with E-state index < -0.39 is 0 Å². The molecule has 0 amide bonds. The van der Waals surface area contributed by atoms with Crippen LogP contribution in [0.25, 0.3) is 10.9 Å². The van der Waals surface area contributed by atoms with Crippen molar-refractivity contribution in [2.75, 3.05) is 5.32 Å². The molecular formula is C11H10ClN3. The van der Waals surface area contributed by atoms with Gasteiger partial charge in [0.1, 0.15) is 12.1 Å². The fraction of sp³-hybridized carbons (Fsp3) is 0.273. The van der Waals surface area contributed by atoms with Crippen LogP contribution in [0.15, 0.2) is 24.5 Å². The first-order valence-electron chi connectivity index (χ1n) is 5.00. The van der Waals surface area contributed by atoms with E-state index in [0.717, 1.165) is 21.7 Å². The summed E-state index contributed by atoms with van der Waals surface area (Å²) in [6, 6.07) is 6.25. The lowest BCUT2D eigenvalue weighted by molar-refractivity contribution is 1.10. The maximum atomic E-state index is 5.96. The number of rotatable bonds is 2. The van der Waals surface area contributed by atoms with E-state index in [1.807, 2.05) is 18.2 Å². The molecule has 3 rings (SSSR count). The molecule has 1 aliphatic carbocycles. The minimum Gasteiger partial charge on any atom is -0.367 e. The number of nitrogens with one attached hydrogen (secondary N) is 1. The van der Waals surface area contributed by atoms with E-state index in [9.17, 15) is 0 Å². The number of fused-ring (bicyclic) bond motifs is 1. The molecule has 0 unspecified atom stereocenters. The second kappa shape index (κ2) is 3.35. The minimum absolute atomic E-state index is 0.585. The molecule has 1 fully saturated rings. The Morgan fingerprint density at radius 3 is 2.93 bits per heavy atom. The maximum Gasteiger partial charge on any atom is 0.137 e. The molecule has 1 N–H and O–H groups in total. The quantitative estimate of drug-likeness (QED) is 0.844. The summed E-state index contributed by atoms with van der Waals surface area (Å²) in [6.07, 6.45) is 4.04. The summed E-state index contributed by atoms with van der Waals surface area (Å²) in [5, 5.41) is 5.09. The highest BCUT2D eigenvalue weighted by atomic mass is 35.5. The molecule has 4 heteroatoms. The predicted molar refractivity (Wildman–Crippen MR) is 61.2 cm³/mol. The van der Waals surface area contributed by atoms with Crippen LogP contribution < -0.4 is 5.32 Å². The zero-order chi connectivity index (χ0) is 10.3. The molecule has 15 heavy (non-hydrogen) atoms. The Bertz CT molecular complexity index is 508. The Morgan fingerprint density at radius 1 is 1.27 bits per heavy atom. The van der Waals surface area contributed by atoms with Gasteiger partial charge in [-0.3, -0.25) is 0 Å². The number of hydrogen-bond acceptors (Lipinski definition) is 3. The van der Waals surface area contributed by atoms with Gasteiger partial charge in [0.05, 0.1) is 5.52 Å². The molecule has 1 aromatic carbocycles. The largest absolute Gasteiger partial charge is 0.367 e. The number of halogens is 1. The third-order valence-electron chi connectivity index (χ3n) is 2.52. The van der Waals surface area contributed by atoms with Crippen LogP contribution >= 0.6 is 11.6 Å². The van der Waals surface area contributed by atoms with Crippen molar-refractivity contribution in [2.24, 2.45) is 0 Å². The van der Waals surface area contributed by atoms with Crippen molar-refractivity contribution in [3.8, 4) is 0 Å². The highest BCUT2D eigenvalue weighted by molar-refractivity contribution is 6.31. The van der Waals surface area contributed by atoms with Gasteiger partial charge in [-0.25, -0.2) is 9.97 Å². The zero-order valence-electron chi connectivity index (χ0n) is 8.07. The molecule has 0 radical (unpaired) electrons. The molecule has 1 aliphatic rings. The summed E-state index contributed by atoms with van der Waals surface area (Å²) in [6.45, 7) is 0. The van der Waals surface area contributed by atoms with Crippen molar-refractivity contribution >= 4 is 28.3 Å². The van der Waals surface area contributed by atoms with E-state index >= 15 is 0 Å². The number of hydrogen-bond donors (Lipinski definition) is 1. The normalized spacial score (nSPS) is 15.5. The monoisotopic (exact) mass is 219 g/mol. The maximum absolute atomic E-state index is 5.96. The Labute approximate surface area is 92.5 Å². The molecule has 1 aromatic heterocycles. The van der Waals surface area contributed by atoms with E-state index in [0.29, 0.717) is 6.04 Å². The third-order valence-corrected chi connectivity index (χ3v) is 2.75. The van der Waals surface area contributed by atoms with Crippen LogP contribution in [0.2, 0.25) is 5.02 Å². The van der Waals surface area contributed by atoms with Crippen LogP contribution in [-0.2, 0) is 0 Å². The Hall–Kier alpha value is -1.35. The number of aromatic nitrogens is 2. The minimum atomic E-state index is 0.585. The summed E-state index contributed by atoms with van der Waals surface area (Å²) in [4.78, 5) is 8.45. The van der Waals surface area contributed by atoms with Crippen LogP contribution in [0.4, 0.5) is 5.82 Å². The van der Waals surface area contributed by atoms with Gasteiger partial charge >= 0.3 is 0 Å². The predicted octanol–water partition coefficient (Wildman–Crippen LogP) is 2.86. The Morgan fingerprint density at radius 2 is 2.13 bits per heavy atom. The lowest BCUT2D eigenvalue weighted by Crippen LogP contribution is -2.03. The highest BCUT2D eigenvalue weighted by Gasteiger charge is 2.22. The van der Waals surface area contributed by atoms with Crippen molar-refractivity contribution in [3.63, 3.8) is 0 Å². The molecule has 0 saturated heterocycles. The van der Waals surface area contributed by atoms with Crippen LogP contribution in [-0.4, -0.2) is 16.0 Å². The van der Waals surface area contributed by atoms with E-state index in [1.54, 1.807) is 6.33 Å². The van der Waals surface area contributed by atoms with Gasteiger partial charge < -0.3 is 5.32 Å². The molecule has 1 heterocycles. The SMILES string of the molecule is Clc1ccc2ncnc(NC3CC3)c2c1. The first-order chi connectivity index (χ1) is 7.33. The van der Waals surface area contributed by atoms with E-state index in [4.69, 9.17) is 11.6 Å². The average Bonchev–Trinajstić information content (AvgIpc) is 3.03. The highest BCUT2D eigenvalue weighted by Crippen LogP contribution is 2.28. The van der Waals surface area contributed by atoms with Gasteiger partial charge in [-0.1, -0.05) is 11.6 Å². The molecule has 2 aromatic rings. The smallest absolute Gasteiger partial charge is 0.137 e. The fourth-order valence-electron chi connectivity index (χ4n) is 1.56. The molecular weight excluding hydrogens is 210 g/mol. The first kappa shape index (κ1) is 8.92. The summed E-state index contributed by atoms with van der Waals surface area (Å²) in [7, 11) is 0. The topological polar surface area (TPSA) is 37.8 Å². The van der Waals surface area contributed by atoms with E-state index in [2.05, 4.69) is 15.3 Å². The zero-order valence-corrected chi connectivity index (χ0v) is 8.83. The lowest BCUT2D eigenvalue weighted by atomic mass is 10.2. The van der Waals surface area contributed by atoms with Crippen molar-refractivity contribution in [1.82, 2.24) is 9.97 Å². The van der Waals surface area contributed by atoms with Crippen LogP contribution in [0, 0.1) is 0 Å². The number of benzene rings is 1. The van der Waals surface area contributed by atoms with Gasteiger partial charge in [0.15, 0.2) is 0 Å². The fourth-order valence-corrected chi connectivity index (χ4v) is 1.74. The summed E-state index contributed by atoms with van der Waals surface area (Å²) in [5.74, 6) is 0.894. The van der Waals surface area contributed by atoms with Gasteiger partial charge in [-0.15, -0.1) is 0 Å². The van der Waals surface area contributed by atoms with Crippen molar-refractivity contribution in [3.05, 3.63) is 29.5 Å². The van der Waals surface area contributed by atoms with Crippen molar-refractivity contribution < 1.29 is 0 Å². The van der Waals surface area contributed by atoms with Crippen LogP contribution in [0.1, 0.15) is 12.8 Å². The molecule has 3 nitrogen and oxygen atoms in total. The van der Waals surface area contributed by atoms with Gasteiger partial charge in [0, 0.05) is 16.5 Å². The molecule has 0 spiro atoms. The first-order valence-corrected chi connectivity index (χ1v) is 5.37. The standard InChI is InChI=1S/C11H10ClN3/c12-7-1-4-10-9(5-7)11(14-6-13-10)15-8-2-3-8/h1,4-6,8H,2-3H2,(H,13,14,15). The average molecular weight is 220 g/mol. The molecule has 0 aliphatic heterocycles. The molecule has 0 atom stereocenters. The Balaban J connectivity index is 2.13. The second-order valence-electron chi connectivity index (χ2n) is 3.80. The van der Waals surface area contributed by atoms with Crippen LogP contribution in [0.5, 0.6) is 0 Å². The second-order valence-corrected chi connectivity index (χ2v) is 4.24. The Kier molecular flexibility index (Phi) is 1.99. The number of anilines is 1. The summed E-state index contributed by atoms with van der Waals surface area (Å²) < 4.78 is 0. The number of nitrogens with zero attached hydrogens (tertiary/aromatic N) is 2. The van der Waals surface area contributed by atoms with Crippen molar-refractivity contribution in [2.45, 2.75) is 18.9 Å². The molecule has 0 bridgehead atoms. The third kappa shape index (κ3) is 1.75. The summed E-state index contributed by atoms with van der Waals surface area (Å²) >= 11 is 5.96. The van der Waals surface area contributed by atoms with E-state index in [1.165, 1.54) is 12.8 Å². The van der Waals surface area contributed by atoms with E-state index in [-0.39, 0.29) is 0 Å². The molecule has 76 valence electrons. The van der Waals surface area contributed by atoms with Crippen LogP contribution in [0.3, 0.4) is 0 Å². The lowest BCUT2D eigenvalue weighted by Gasteiger charge is -2.06. The van der Waals surface area contributed by atoms with Crippen molar-refractivity contribution in [1.29, 1.82) is 0 Å². The molecule has 1 saturated carbocycles. The van der Waals surface area contributed by atoms with Gasteiger partial charge in [0.25, 0.3) is 0 Å². The summed E-state index contributed by atoms with van der Waals surface area (Å²) in [5.41, 5.74) is 0.928. The van der Waals surface area contributed by atoms with Gasteiger partial charge in [-0.05, 0) is 31.0 Å².